The van der Waals surface area contributed by atoms with Crippen molar-refractivity contribution in [2.24, 2.45) is 17.8 Å². The summed E-state index contributed by atoms with van der Waals surface area (Å²) in [4.78, 5) is 11.5. The molecule has 1 heterocycles. The molecule has 0 radical (unpaired) electrons. The molecule has 0 aromatic rings. The summed E-state index contributed by atoms with van der Waals surface area (Å²) in [6.45, 7) is 7.80. The Hall–Kier alpha value is -1.09. The average molecular weight is 250 g/mol. The molecule has 0 bridgehead atoms. The Kier molecular flexibility index (Phi) is 3.91. The van der Waals surface area contributed by atoms with Gasteiger partial charge in [-0.3, -0.25) is 0 Å². The molecule has 3 heteroatoms. The third-order valence-corrected chi connectivity index (χ3v) is 4.20. The van der Waals surface area contributed by atoms with E-state index in [1.807, 2.05) is 6.08 Å². The van der Waals surface area contributed by atoms with Gasteiger partial charge in [-0.25, -0.2) is 4.79 Å². The first kappa shape index (κ1) is 13.3. The van der Waals surface area contributed by atoms with E-state index >= 15 is 0 Å². The lowest BCUT2D eigenvalue weighted by Gasteiger charge is -2.19. The van der Waals surface area contributed by atoms with Crippen LogP contribution >= 0.6 is 0 Å². The van der Waals surface area contributed by atoms with Gasteiger partial charge in [0, 0.05) is 11.5 Å². The van der Waals surface area contributed by atoms with Gasteiger partial charge in [-0.1, -0.05) is 25.7 Å². The molecule has 1 saturated heterocycles. The minimum absolute atomic E-state index is 0.0185. The maximum Gasteiger partial charge on any atom is 0.334 e. The molecule has 0 aromatic carbocycles. The van der Waals surface area contributed by atoms with Gasteiger partial charge < -0.3 is 9.84 Å². The molecule has 3 nitrogen and oxygen atoms in total. The van der Waals surface area contributed by atoms with Crippen LogP contribution in [0.25, 0.3) is 0 Å². The predicted molar refractivity (Wildman–Crippen MR) is 69.8 cm³/mol. The highest BCUT2D eigenvalue weighted by Crippen LogP contribution is 2.41. The maximum absolute atomic E-state index is 11.5. The molecule has 1 N–H and O–H groups in total. The van der Waals surface area contributed by atoms with Gasteiger partial charge in [-0.05, 0) is 38.0 Å². The van der Waals surface area contributed by atoms with E-state index < -0.39 is 6.10 Å². The summed E-state index contributed by atoms with van der Waals surface area (Å²) in [5, 5.41) is 9.31. The average Bonchev–Trinajstić information content (AvgIpc) is 2.46. The van der Waals surface area contributed by atoms with E-state index in [1.165, 1.54) is 0 Å². The second-order valence-electron chi connectivity index (χ2n) is 5.66. The molecule has 5 atom stereocenters. The minimum atomic E-state index is -0.396. The Balaban J connectivity index is 2.06. The van der Waals surface area contributed by atoms with E-state index in [1.54, 1.807) is 6.92 Å². The van der Waals surface area contributed by atoms with Crippen LogP contribution in [0.2, 0.25) is 0 Å². The Bertz CT molecular complexity index is 370. The summed E-state index contributed by atoms with van der Waals surface area (Å²) >= 11 is 0. The molecular formula is C15H22O3. The number of carbonyl (C=O) groups excluding carboxylic acids is 1. The number of allylic oxidation sites excluding steroid dienone is 1. The number of aliphatic hydroxyl groups excluding tert-OH is 1. The zero-order valence-corrected chi connectivity index (χ0v) is 11.1. The third kappa shape index (κ3) is 2.66. The van der Waals surface area contributed by atoms with Crippen LogP contribution < -0.4 is 0 Å². The Morgan fingerprint density at radius 2 is 2.22 bits per heavy atom. The minimum Gasteiger partial charge on any atom is -0.458 e. The highest BCUT2D eigenvalue weighted by Gasteiger charge is 2.41. The first-order valence-electron chi connectivity index (χ1n) is 6.75. The molecule has 1 saturated carbocycles. The number of carbonyl (C=O) groups is 1. The number of rotatable bonds is 2. The van der Waals surface area contributed by atoms with Crippen LogP contribution in [0.3, 0.4) is 0 Å². The lowest BCUT2D eigenvalue weighted by molar-refractivity contribution is -0.139. The quantitative estimate of drug-likeness (QED) is 0.465. The molecule has 0 amide bonds. The zero-order chi connectivity index (χ0) is 13.3. The van der Waals surface area contributed by atoms with E-state index in [2.05, 4.69) is 19.6 Å². The largest absolute Gasteiger partial charge is 0.458 e. The van der Waals surface area contributed by atoms with Crippen LogP contribution in [0.1, 0.15) is 33.1 Å². The van der Waals surface area contributed by atoms with E-state index in [9.17, 15) is 9.90 Å². The van der Waals surface area contributed by atoms with Crippen molar-refractivity contribution >= 4 is 5.97 Å². The second-order valence-corrected chi connectivity index (χ2v) is 5.66. The van der Waals surface area contributed by atoms with Crippen molar-refractivity contribution in [2.45, 2.75) is 45.3 Å². The first-order chi connectivity index (χ1) is 8.49. The Morgan fingerprint density at radius 3 is 2.89 bits per heavy atom. The van der Waals surface area contributed by atoms with Gasteiger partial charge in [-0.15, -0.1) is 0 Å². The van der Waals surface area contributed by atoms with Crippen molar-refractivity contribution < 1.29 is 14.6 Å². The Morgan fingerprint density at radius 1 is 1.50 bits per heavy atom. The smallest absolute Gasteiger partial charge is 0.334 e. The fourth-order valence-electron chi connectivity index (χ4n) is 3.03. The van der Waals surface area contributed by atoms with Crippen LogP contribution in [0.15, 0.2) is 24.3 Å². The molecule has 2 unspecified atom stereocenters. The summed E-state index contributed by atoms with van der Waals surface area (Å²) in [6.07, 6.45) is 6.46. The topological polar surface area (TPSA) is 46.5 Å². The van der Waals surface area contributed by atoms with Crippen LogP contribution in [0.4, 0.5) is 0 Å². The standard InChI is InChI=1S/C15H22O3/c1-9-8-14-13(11(3)15(17)18-14)7-6-12(9)5-4-10(2)16/h4-5,9-10,12-14,16H,3,6-8H2,1-2H3/b5-4+/t9-,10?,12?,13+,14+/m0/s1. The third-order valence-electron chi connectivity index (χ3n) is 4.20. The maximum atomic E-state index is 11.5. The van der Waals surface area contributed by atoms with Gasteiger partial charge in [0.2, 0.25) is 0 Å². The van der Waals surface area contributed by atoms with Crippen molar-refractivity contribution in [3.8, 4) is 0 Å². The van der Waals surface area contributed by atoms with Gasteiger partial charge in [0.1, 0.15) is 6.10 Å². The van der Waals surface area contributed by atoms with Crippen LogP contribution in [-0.2, 0) is 9.53 Å². The molecule has 0 aromatic heterocycles. The van der Waals surface area contributed by atoms with Crippen molar-refractivity contribution in [3.63, 3.8) is 0 Å². The van der Waals surface area contributed by atoms with Gasteiger partial charge in [-0.2, -0.15) is 0 Å². The Labute approximate surface area is 109 Å². The number of hydrogen-bond acceptors (Lipinski definition) is 3. The van der Waals surface area contributed by atoms with E-state index in [4.69, 9.17) is 4.74 Å². The van der Waals surface area contributed by atoms with Crippen molar-refractivity contribution in [3.05, 3.63) is 24.3 Å². The summed E-state index contributed by atoms with van der Waals surface area (Å²) in [5.41, 5.74) is 0.646. The van der Waals surface area contributed by atoms with Crippen molar-refractivity contribution in [1.29, 1.82) is 0 Å². The highest BCUT2D eigenvalue weighted by molar-refractivity contribution is 5.90. The van der Waals surface area contributed by atoms with Gasteiger partial charge >= 0.3 is 5.97 Å². The van der Waals surface area contributed by atoms with E-state index in [-0.39, 0.29) is 18.0 Å². The van der Waals surface area contributed by atoms with Gasteiger partial charge in [0.15, 0.2) is 0 Å². The number of aliphatic hydroxyl groups is 1. The molecule has 18 heavy (non-hydrogen) atoms. The molecule has 2 aliphatic rings. The predicted octanol–water partition coefficient (Wildman–Crippen LogP) is 2.46. The van der Waals surface area contributed by atoms with Gasteiger partial charge in [0.05, 0.1) is 6.10 Å². The molecule has 2 rings (SSSR count). The number of esters is 1. The normalized spacial score (nSPS) is 38.4. The van der Waals surface area contributed by atoms with Crippen LogP contribution in [0.5, 0.6) is 0 Å². The summed E-state index contributed by atoms with van der Waals surface area (Å²) < 4.78 is 5.39. The molecule has 1 aliphatic carbocycles. The van der Waals surface area contributed by atoms with Gasteiger partial charge in [0.25, 0.3) is 0 Å². The van der Waals surface area contributed by atoms with E-state index in [0.29, 0.717) is 17.4 Å². The summed E-state index contributed by atoms with van der Waals surface area (Å²) in [6, 6.07) is 0. The molecule has 2 fully saturated rings. The number of fused-ring (bicyclic) bond motifs is 1. The SMILES string of the molecule is C=C1C(=O)O[C@@H]2C[C@H](C)C(/C=C/C(C)O)CC[C@H]12. The van der Waals surface area contributed by atoms with Crippen molar-refractivity contribution in [2.75, 3.05) is 0 Å². The summed E-state index contributed by atoms with van der Waals surface area (Å²) in [5.74, 6) is 0.908. The van der Waals surface area contributed by atoms with Crippen molar-refractivity contribution in [1.82, 2.24) is 0 Å². The molecule has 100 valence electrons. The first-order valence-corrected chi connectivity index (χ1v) is 6.75. The molecule has 0 spiro atoms. The second kappa shape index (κ2) is 5.27. The molecule has 1 aliphatic heterocycles. The highest BCUT2D eigenvalue weighted by atomic mass is 16.6. The number of hydrogen-bond donors (Lipinski definition) is 1. The fourth-order valence-corrected chi connectivity index (χ4v) is 3.03. The number of ether oxygens (including phenoxy) is 1. The van der Waals surface area contributed by atoms with E-state index in [0.717, 1.165) is 19.3 Å². The lowest BCUT2D eigenvalue weighted by Crippen LogP contribution is -2.18. The summed E-state index contributed by atoms with van der Waals surface area (Å²) in [7, 11) is 0. The fraction of sp³-hybridized carbons (Fsp3) is 0.667. The zero-order valence-electron chi connectivity index (χ0n) is 11.1. The molecular weight excluding hydrogens is 228 g/mol. The van der Waals surface area contributed by atoms with Crippen LogP contribution in [-0.4, -0.2) is 23.3 Å². The monoisotopic (exact) mass is 250 g/mol. The van der Waals surface area contributed by atoms with Crippen LogP contribution in [0, 0.1) is 17.8 Å². The lowest BCUT2D eigenvalue weighted by atomic mass is 9.88.